The highest BCUT2D eigenvalue weighted by Gasteiger charge is 2.15. The van der Waals surface area contributed by atoms with Crippen LogP contribution in [0.3, 0.4) is 0 Å². The Morgan fingerprint density at radius 2 is 2.05 bits per heavy atom. The van der Waals surface area contributed by atoms with Gasteiger partial charge in [-0.3, -0.25) is 4.79 Å². The van der Waals surface area contributed by atoms with Crippen LogP contribution in [0.25, 0.3) is 0 Å². The molecule has 0 bridgehead atoms. The molecule has 22 heavy (non-hydrogen) atoms. The van der Waals surface area contributed by atoms with E-state index >= 15 is 0 Å². The highest BCUT2D eigenvalue weighted by atomic mass is 16.5. The lowest BCUT2D eigenvalue weighted by Gasteiger charge is -2.17. The van der Waals surface area contributed by atoms with Crippen molar-refractivity contribution in [2.45, 2.75) is 19.4 Å². The van der Waals surface area contributed by atoms with Gasteiger partial charge in [-0.15, -0.1) is 0 Å². The molecule has 0 aliphatic carbocycles. The van der Waals surface area contributed by atoms with Crippen LogP contribution in [0.1, 0.15) is 27.9 Å². The fraction of sp³-hybridized carbons (Fsp3) is 0.176. The molecule has 5 heteroatoms. The van der Waals surface area contributed by atoms with Crippen molar-refractivity contribution in [2.75, 3.05) is 5.32 Å². The summed E-state index contributed by atoms with van der Waals surface area (Å²) in [6, 6.07) is 12.2. The molecule has 0 radical (unpaired) electrons. The van der Waals surface area contributed by atoms with Gasteiger partial charge in [-0.25, -0.2) is 4.79 Å². The second-order valence-corrected chi connectivity index (χ2v) is 5.16. The molecule has 2 aromatic rings. The summed E-state index contributed by atoms with van der Waals surface area (Å²) in [6.07, 6.45) is 1.25. The average molecular weight is 297 g/mol. The van der Waals surface area contributed by atoms with Crippen LogP contribution in [-0.2, 0) is 17.8 Å². The molecule has 1 aliphatic rings. The van der Waals surface area contributed by atoms with E-state index in [4.69, 9.17) is 9.84 Å². The maximum atomic E-state index is 11.4. The van der Waals surface area contributed by atoms with Crippen molar-refractivity contribution in [3.63, 3.8) is 0 Å². The lowest BCUT2D eigenvalue weighted by Crippen LogP contribution is -2.18. The molecule has 0 fully saturated rings. The van der Waals surface area contributed by atoms with Crippen LogP contribution in [0.4, 0.5) is 5.69 Å². The van der Waals surface area contributed by atoms with E-state index in [1.807, 2.05) is 18.2 Å². The molecular weight excluding hydrogens is 282 g/mol. The quantitative estimate of drug-likeness (QED) is 0.910. The monoisotopic (exact) mass is 297 g/mol. The lowest BCUT2D eigenvalue weighted by atomic mass is 10.0. The van der Waals surface area contributed by atoms with Gasteiger partial charge in [-0.1, -0.05) is 18.2 Å². The van der Waals surface area contributed by atoms with Crippen molar-refractivity contribution in [1.29, 1.82) is 0 Å². The molecule has 1 amide bonds. The standard InChI is InChI=1S/C17H15NO4/c19-16-7-5-12-4-6-14(9-15(12)18-16)22-10-11-2-1-3-13(8-11)17(20)21/h1-4,6,8-9H,5,7,10H2,(H,18,19)(H,20,21). The summed E-state index contributed by atoms with van der Waals surface area (Å²) in [6.45, 7) is 0.272. The van der Waals surface area contributed by atoms with Crippen LogP contribution in [0.2, 0.25) is 0 Å². The average Bonchev–Trinajstić information content (AvgIpc) is 2.52. The van der Waals surface area contributed by atoms with E-state index in [-0.39, 0.29) is 18.1 Å². The number of anilines is 1. The fourth-order valence-corrected chi connectivity index (χ4v) is 2.40. The Balaban J connectivity index is 1.71. The summed E-state index contributed by atoms with van der Waals surface area (Å²) >= 11 is 0. The van der Waals surface area contributed by atoms with E-state index in [9.17, 15) is 9.59 Å². The van der Waals surface area contributed by atoms with Crippen molar-refractivity contribution in [3.05, 3.63) is 59.2 Å². The first-order valence-corrected chi connectivity index (χ1v) is 6.99. The Bertz CT molecular complexity index is 739. The largest absolute Gasteiger partial charge is 0.489 e. The Morgan fingerprint density at radius 3 is 2.86 bits per heavy atom. The number of amides is 1. The van der Waals surface area contributed by atoms with Gasteiger partial charge in [-0.05, 0) is 35.7 Å². The molecule has 2 aromatic carbocycles. The Labute approximate surface area is 127 Å². The Hall–Kier alpha value is -2.82. The molecule has 0 atom stereocenters. The molecule has 1 heterocycles. The third-order valence-electron chi connectivity index (χ3n) is 3.56. The van der Waals surface area contributed by atoms with Gasteiger partial charge in [-0.2, -0.15) is 0 Å². The Morgan fingerprint density at radius 1 is 1.18 bits per heavy atom. The van der Waals surface area contributed by atoms with Crippen LogP contribution in [-0.4, -0.2) is 17.0 Å². The van der Waals surface area contributed by atoms with E-state index in [0.29, 0.717) is 12.2 Å². The fourth-order valence-electron chi connectivity index (χ4n) is 2.40. The molecule has 112 valence electrons. The van der Waals surface area contributed by atoms with Gasteiger partial charge in [0, 0.05) is 18.2 Å². The Kier molecular flexibility index (Phi) is 3.78. The van der Waals surface area contributed by atoms with E-state index in [1.165, 1.54) is 0 Å². The maximum Gasteiger partial charge on any atom is 0.335 e. The molecule has 1 aliphatic heterocycles. The van der Waals surface area contributed by atoms with Gasteiger partial charge in [0.2, 0.25) is 5.91 Å². The molecule has 5 nitrogen and oxygen atoms in total. The number of carbonyl (C=O) groups is 2. The van der Waals surface area contributed by atoms with Crippen molar-refractivity contribution in [1.82, 2.24) is 0 Å². The second kappa shape index (κ2) is 5.89. The minimum atomic E-state index is -0.960. The number of ether oxygens (including phenoxy) is 1. The van der Waals surface area contributed by atoms with Gasteiger partial charge in [0.05, 0.1) is 5.56 Å². The molecule has 0 unspecified atom stereocenters. The number of carboxylic acids is 1. The van der Waals surface area contributed by atoms with Crippen LogP contribution < -0.4 is 10.1 Å². The zero-order valence-electron chi connectivity index (χ0n) is 11.8. The number of carbonyl (C=O) groups excluding carboxylic acids is 1. The summed E-state index contributed by atoms with van der Waals surface area (Å²) in [5, 5.41) is 11.8. The first-order valence-electron chi connectivity index (χ1n) is 6.99. The summed E-state index contributed by atoms with van der Waals surface area (Å²) in [4.78, 5) is 22.3. The lowest BCUT2D eigenvalue weighted by molar-refractivity contribution is -0.116. The van der Waals surface area contributed by atoms with Crippen LogP contribution >= 0.6 is 0 Å². The van der Waals surface area contributed by atoms with Gasteiger partial charge >= 0.3 is 5.97 Å². The number of carboxylic acid groups (broad SMARTS) is 1. The van der Waals surface area contributed by atoms with Gasteiger partial charge in [0.15, 0.2) is 0 Å². The molecule has 0 saturated heterocycles. The first kappa shape index (κ1) is 14.1. The third kappa shape index (κ3) is 3.09. The highest BCUT2D eigenvalue weighted by Crippen LogP contribution is 2.27. The van der Waals surface area contributed by atoms with E-state index < -0.39 is 5.97 Å². The normalized spacial score (nSPS) is 13.2. The van der Waals surface area contributed by atoms with Crippen molar-refractivity contribution < 1.29 is 19.4 Å². The van der Waals surface area contributed by atoms with Crippen LogP contribution in [0.5, 0.6) is 5.75 Å². The van der Waals surface area contributed by atoms with Gasteiger partial charge < -0.3 is 15.2 Å². The van der Waals surface area contributed by atoms with Crippen LogP contribution in [0.15, 0.2) is 42.5 Å². The number of hydrogen-bond acceptors (Lipinski definition) is 3. The van der Waals surface area contributed by atoms with Crippen molar-refractivity contribution in [2.24, 2.45) is 0 Å². The van der Waals surface area contributed by atoms with E-state index in [2.05, 4.69) is 5.32 Å². The second-order valence-electron chi connectivity index (χ2n) is 5.16. The maximum absolute atomic E-state index is 11.4. The van der Waals surface area contributed by atoms with Gasteiger partial charge in [0.1, 0.15) is 12.4 Å². The number of aromatic carboxylic acids is 1. The van der Waals surface area contributed by atoms with E-state index in [1.54, 1.807) is 24.3 Å². The third-order valence-corrected chi connectivity index (χ3v) is 3.56. The topological polar surface area (TPSA) is 75.6 Å². The zero-order valence-corrected chi connectivity index (χ0v) is 11.8. The summed E-state index contributed by atoms with van der Waals surface area (Å²) in [7, 11) is 0. The summed E-state index contributed by atoms with van der Waals surface area (Å²) in [5.74, 6) is -0.307. The molecular formula is C17H15NO4. The zero-order chi connectivity index (χ0) is 15.5. The molecule has 0 spiro atoms. The smallest absolute Gasteiger partial charge is 0.335 e. The first-order chi connectivity index (χ1) is 10.6. The number of nitrogens with one attached hydrogen (secondary N) is 1. The number of aryl methyl sites for hydroxylation is 1. The summed E-state index contributed by atoms with van der Waals surface area (Å²) < 4.78 is 5.68. The molecule has 0 aromatic heterocycles. The number of rotatable bonds is 4. The minimum Gasteiger partial charge on any atom is -0.489 e. The summed E-state index contributed by atoms with van der Waals surface area (Å²) in [5.41, 5.74) is 2.90. The van der Waals surface area contributed by atoms with Crippen molar-refractivity contribution in [3.8, 4) is 5.75 Å². The van der Waals surface area contributed by atoms with Gasteiger partial charge in [0.25, 0.3) is 0 Å². The number of benzene rings is 2. The minimum absolute atomic E-state index is 0.0128. The molecule has 0 saturated carbocycles. The van der Waals surface area contributed by atoms with E-state index in [0.717, 1.165) is 23.2 Å². The van der Waals surface area contributed by atoms with Crippen LogP contribution in [0, 0.1) is 0 Å². The molecule has 3 rings (SSSR count). The number of hydrogen-bond donors (Lipinski definition) is 2. The predicted octanol–water partition coefficient (Wildman–Crippen LogP) is 2.85. The SMILES string of the molecule is O=C1CCc2ccc(OCc3cccc(C(=O)O)c3)cc2N1. The highest BCUT2D eigenvalue weighted by molar-refractivity contribution is 5.94. The molecule has 2 N–H and O–H groups in total. The number of fused-ring (bicyclic) bond motifs is 1. The van der Waals surface area contributed by atoms with Crippen molar-refractivity contribution >= 4 is 17.6 Å². The predicted molar refractivity (Wildman–Crippen MR) is 81.1 cm³/mol.